The van der Waals surface area contributed by atoms with Crippen LogP contribution in [0.2, 0.25) is 0 Å². The van der Waals surface area contributed by atoms with Crippen molar-refractivity contribution >= 4 is 17.4 Å². The summed E-state index contributed by atoms with van der Waals surface area (Å²) in [5, 5.41) is 10.7. The smallest absolute Gasteiger partial charge is 0.138 e. The molecule has 4 heteroatoms. The van der Waals surface area contributed by atoms with Gasteiger partial charge in [-0.15, -0.1) is 11.8 Å². The number of aliphatic hydroxyl groups is 1. The second kappa shape index (κ2) is 4.24. The standard InChI is InChI=1S/C11H14N2OS/c1-8(2)15-11-9(7-14)13-6-4-3-5-10(13)12-11/h3-6,8,14H,7H2,1-2H3. The number of hydrogen-bond donors (Lipinski definition) is 1. The second-order valence-corrected chi connectivity index (χ2v) is 5.18. The van der Waals surface area contributed by atoms with E-state index in [2.05, 4.69) is 18.8 Å². The van der Waals surface area contributed by atoms with Crippen molar-refractivity contribution < 1.29 is 5.11 Å². The fourth-order valence-electron chi connectivity index (χ4n) is 1.49. The summed E-state index contributed by atoms with van der Waals surface area (Å²) >= 11 is 1.68. The molecule has 2 rings (SSSR count). The van der Waals surface area contributed by atoms with Gasteiger partial charge in [0.15, 0.2) is 0 Å². The molecule has 0 radical (unpaired) electrons. The molecule has 2 aromatic rings. The van der Waals surface area contributed by atoms with Gasteiger partial charge in [0.25, 0.3) is 0 Å². The number of pyridine rings is 1. The molecule has 3 nitrogen and oxygen atoms in total. The van der Waals surface area contributed by atoms with Gasteiger partial charge in [-0.2, -0.15) is 0 Å². The summed E-state index contributed by atoms with van der Waals surface area (Å²) in [6, 6.07) is 5.84. The van der Waals surface area contributed by atoms with E-state index in [9.17, 15) is 5.11 Å². The topological polar surface area (TPSA) is 37.5 Å². The normalized spacial score (nSPS) is 11.5. The van der Waals surface area contributed by atoms with Crippen molar-refractivity contribution in [2.45, 2.75) is 30.7 Å². The fraction of sp³-hybridized carbons (Fsp3) is 0.364. The first-order chi connectivity index (χ1) is 7.22. The van der Waals surface area contributed by atoms with E-state index in [1.54, 1.807) is 11.8 Å². The Morgan fingerprint density at radius 3 is 2.93 bits per heavy atom. The lowest BCUT2D eigenvalue weighted by atomic mass is 10.4. The Labute approximate surface area is 93.1 Å². The van der Waals surface area contributed by atoms with Crippen molar-refractivity contribution in [3.05, 3.63) is 30.1 Å². The van der Waals surface area contributed by atoms with Crippen LogP contribution in [0.1, 0.15) is 19.5 Å². The molecule has 1 N–H and O–H groups in total. The van der Waals surface area contributed by atoms with Crippen LogP contribution in [-0.2, 0) is 6.61 Å². The molecular weight excluding hydrogens is 208 g/mol. The Morgan fingerprint density at radius 1 is 1.47 bits per heavy atom. The van der Waals surface area contributed by atoms with Crippen molar-refractivity contribution in [3.63, 3.8) is 0 Å². The zero-order valence-corrected chi connectivity index (χ0v) is 9.66. The average Bonchev–Trinajstić information content (AvgIpc) is 2.53. The zero-order chi connectivity index (χ0) is 10.8. The molecule has 0 aromatic carbocycles. The first-order valence-electron chi connectivity index (χ1n) is 4.96. The summed E-state index contributed by atoms with van der Waals surface area (Å²) in [5.41, 5.74) is 1.77. The number of nitrogens with zero attached hydrogens (tertiary/aromatic N) is 2. The number of rotatable bonds is 3. The lowest BCUT2D eigenvalue weighted by molar-refractivity contribution is 0.272. The molecule has 15 heavy (non-hydrogen) atoms. The Bertz CT molecular complexity index is 465. The third-order valence-electron chi connectivity index (χ3n) is 2.09. The lowest BCUT2D eigenvalue weighted by Gasteiger charge is -2.03. The van der Waals surface area contributed by atoms with Crippen LogP contribution in [0, 0.1) is 0 Å². The molecule has 0 atom stereocenters. The number of fused-ring (bicyclic) bond motifs is 1. The zero-order valence-electron chi connectivity index (χ0n) is 8.84. The highest BCUT2D eigenvalue weighted by atomic mass is 32.2. The number of imidazole rings is 1. The van der Waals surface area contributed by atoms with Gasteiger partial charge in [0, 0.05) is 11.4 Å². The van der Waals surface area contributed by atoms with E-state index in [0.29, 0.717) is 5.25 Å². The quantitative estimate of drug-likeness (QED) is 0.810. The molecule has 0 saturated carbocycles. The van der Waals surface area contributed by atoms with Crippen LogP contribution >= 0.6 is 11.8 Å². The molecule has 0 saturated heterocycles. The monoisotopic (exact) mass is 222 g/mol. The summed E-state index contributed by atoms with van der Waals surface area (Å²) in [6.07, 6.45) is 1.93. The molecule has 0 amide bonds. The minimum absolute atomic E-state index is 0.0280. The molecular formula is C11H14N2OS. The van der Waals surface area contributed by atoms with E-state index in [1.165, 1.54) is 0 Å². The highest BCUT2D eigenvalue weighted by molar-refractivity contribution is 7.99. The maximum absolute atomic E-state index is 9.34. The first kappa shape index (κ1) is 10.5. The van der Waals surface area contributed by atoms with E-state index < -0.39 is 0 Å². The van der Waals surface area contributed by atoms with Gasteiger partial charge >= 0.3 is 0 Å². The van der Waals surface area contributed by atoms with E-state index in [-0.39, 0.29) is 6.61 Å². The third kappa shape index (κ3) is 2.01. The molecule has 0 unspecified atom stereocenters. The Balaban J connectivity index is 2.54. The number of thioether (sulfide) groups is 1. The van der Waals surface area contributed by atoms with Crippen LogP contribution in [0.15, 0.2) is 29.4 Å². The molecule has 0 aliphatic carbocycles. The molecule has 0 aliphatic rings. The molecule has 80 valence electrons. The molecule has 0 spiro atoms. The van der Waals surface area contributed by atoms with Crippen LogP contribution in [0.4, 0.5) is 0 Å². The van der Waals surface area contributed by atoms with Crippen LogP contribution in [0.3, 0.4) is 0 Å². The Kier molecular flexibility index (Phi) is 2.98. The minimum atomic E-state index is 0.0280. The third-order valence-corrected chi connectivity index (χ3v) is 3.11. The summed E-state index contributed by atoms with van der Waals surface area (Å²) in [4.78, 5) is 4.49. The van der Waals surface area contributed by atoms with E-state index in [4.69, 9.17) is 0 Å². The van der Waals surface area contributed by atoms with Crippen molar-refractivity contribution in [3.8, 4) is 0 Å². The van der Waals surface area contributed by atoms with Gasteiger partial charge in [-0.05, 0) is 12.1 Å². The van der Waals surface area contributed by atoms with Crippen molar-refractivity contribution in [2.75, 3.05) is 0 Å². The van der Waals surface area contributed by atoms with Crippen molar-refractivity contribution in [2.24, 2.45) is 0 Å². The van der Waals surface area contributed by atoms with Crippen molar-refractivity contribution in [1.29, 1.82) is 0 Å². The number of aliphatic hydroxyl groups excluding tert-OH is 1. The van der Waals surface area contributed by atoms with Gasteiger partial charge in [0.05, 0.1) is 12.3 Å². The predicted molar refractivity (Wildman–Crippen MR) is 62.1 cm³/mol. The van der Waals surface area contributed by atoms with Gasteiger partial charge in [0.1, 0.15) is 10.7 Å². The predicted octanol–water partition coefficient (Wildman–Crippen LogP) is 2.33. The SMILES string of the molecule is CC(C)Sc1nc2ccccn2c1CO. The number of aromatic nitrogens is 2. The van der Waals surface area contributed by atoms with Crippen LogP contribution < -0.4 is 0 Å². The lowest BCUT2D eigenvalue weighted by Crippen LogP contribution is -1.94. The first-order valence-corrected chi connectivity index (χ1v) is 5.84. The van der Waals surface area contributed by atoms with Gasteiger partial charge < -0.3 is 9.51 Å². The van der Waals surface area contributed by atoms with Crippen molar-refractivity contribution in [1.82, 2.24) is 9.38 Å². The summed E-state index contributed by atoms with van der Waals surface area (Å²) in [5.74, 6) is 0. The van der Waals surface area contributed by atoms with Gasteiger partial charge in [-0.3, -0.25) is 0 Å². The van der Waals surface area contributed by atoms with Crippen LogP contribution in [-0.4, -0.2) is 19.7 Å². The second-order valence-electron chi connectivity index (χ2n) is 3.62. The van der Waals surface area contributed by atoms with Crippen LogP contribution in [0.25, 0.3) is 5.65 Å². The molecule has 2 aromatic heterocycles. The largest absolute Gasteiger partial charge is 0.390 e. The Morgan fingerprint density at radius 2 is 2.27 bits per heavy atom. The minimum Gasteiger partial charge on any atom is -0.390 e. The molecule has 0 bridgehead atoms. The highest BCUT2D eigenvalue weighted by Crippen LogP contribution is 2.26. The summed E-state index contributed by atoms with van der Waals surface area (Å²) < 4.78 is 1.94. The fourth-order valence-corrected chi connectivity index (χ4v) is 2.38. The van der Waals surface area contributed by atoms with Crippen LogP contribution in [0.5, 0.6) is 0 Å². The number of hydrogen-bond acceptors (Lipinski definition) is 3. The van der Waals surface area contributed by atoms with Gasteiger partial charge in [0.2, 0.25) is 0 Å². The van der Waals surface area contributed by atoms with E-state index >= 15 is 0 Å². The summed E-state index contributed by atoms with van der Waals surface area (Å²) in [6.45, 7) is 4.27. The van der Waals surface area contributed by atoms with E-state index in [0.717, 1.165) is 16.4 Å². The summed E-state index contributed by atoms with van der Waals surface area (Å²) in [7, 11) is 0. The maximum Gasteiger partial charge on any atom is 0.138 e. The van der Waals surface area contributed by atoms with Gasteiger partial charge in [-0.25, -0.2) is 4.98 Å². The van der Waals surface area contributed by atoms with E-state index in [1.807, 2.05) is 28.8 Å². The Hall–Kier alpha value is -1.00. The highest BCUT2D eigenvalue weighted by Gasteiger charge is 2.12. The molecule has 2 heterocycles. The van der Waals surface area contributed by atoms with Gasteiger partial charge in [-0.1, -0.05) is 19.9 Å². The average molecular weight is 222 g/mol. The molecule has 0 aliphatic heterocycles. The molecule has 0 fully saturated rings. The maximum atomic E-state index is 9.34.